The average molecular weight is 449 g/mol. The van der Waals surface area contributed by atoms with Gasteiger partial charge in [-0.05, 0) is 18.2 Å². The summed E-state index contributed by atoms with van der Waals surface area (Å²) in [4.78, 5) is 13.3. The molecule has 1 aromatic carbocycles. The quantitative estimate of drug-likeness (QED) is 0.400. The van der Waals surface area contributed by atoms with Crippen LogP contribution in [0.25, 0.3) is 0 Å². The number of halogens is 1. The van der Waals surface area contributed by atoms with E-state index in [4.69, 9.17) is 16.7 Å². The third kappa shape index (κ3) is 4.37. The number of aliphatic imine (C=N–C) groups is 1. The number of fused-ring (bicyclic) bond motifs is 1. The summed E-state index contributed by atoms with van der Waals surface area (Å²) in [5, 5.41) is 23.7. The molecule has 4 rings (SSSR count). The topological polar surface area (TPSA) is 155 Å². The Morgan fingerprint density at radius 2 is 1.94 bits per heavy atom. The van der Waals surface area contributed by atoms with Crippen molar-refractivity contribution in [3.05, 3.63) is 46.3 Å². The summed E-state index contributed by atoms with van der Waals surface area (Å²) in [7, 11) is 0. The van der Waals surface area contributed by atoms with Gasteiger partial charge in [-0.2, -0.15) is 10.5 Å². The molecular formula is C22H25FN10. The maximum Gasteiger partial charge on any atom is 0.211 e. The van der Waals surface area contributed by atoms with Crippen molar-refractivity contribution in [2.24, 2.45) is 4.99 Å². The van der Waals surface area contributed by atoms with Gasteiger partial charge in [0.05, 0.1) is 5.69 Å². The Kier molecular flexibility index (Phi) is 6.27. The van der Waals surface area contributed by atoms with Crippen LogP contribution >= 0.6 is 0 Å². The first-order valence-corrected chi connectivity index (χ1v) is 10.7. The van der Waals surface area contributed by atoms with Gasteiger partial charge < -0.3 is 21.7 Å². The van der Waals surface area contributed by atoms with E-state index >= 15 is 4.39 Å². The van der Waals surface area contributed by atoms with Crippen LogP contribution in [0.15, 0.2) is 23.2 Å². The standard InChI is InChI=1S/C22H25FN10/c1-2-32-5-7-33(8-6-32)11-14-4-3-13(9-16(14)23)19-17-18(26)15(10-24)20(27)30-21(17)31-22(29-19)28-12-25/h3-4,9,19H,2,5-8,11H2,1H3,(H6,26,27,28,29,30,31). The van der Waals surface area contributed by atoms with Crippen molar-refractivity contribution in [2.75, 3.05) is 49.5 Å². The highest BCUT2D eigenvalue weighted by Gasteiger charge is 2.30. The molecule has 2 aromatic rings. The molecule has 2 aliphatic rings. The molecule has 1 unspecified atom stereocenters. The zero-order valence-electron chi connectivity index (χ0n) is 18.3. The molecule has 1 saturated heterocycles. The first kappa shape index (κ1) is 22.3. The Balaban J connectivity index is 1.66. The highest BCUT2D eigenvalue weighted by molar-refractivity contribution is 5.98. The van der Waals surface area contributed by atoms with Crippen LogP contribution in [-0.4, -0.2) is 53.5 Å². The first-order valence-electron chi connectivity index (χ1n) is 10.7. The second-order valence-electron chi connectivity index (χ2n) is 7.96. The Bertz CT molecular complexity index is 1170. The molecule has 33 heavy (non-hydrogen) atoms. The molecule has 1 aromatic heterocycles. The van der Waals surface area contributed by atoms with E-state index in [1.807, 2.05) is 6.07 Å². The fourth-order valence-electron chi connectivity index (χ4n) is 4.19. The van der Waals surface area contributed by atoms with Gasteiger partial charge in [0.2, 0.25) is 5.96 Å². The van der Waals surface area contributed by atoms with Gasteiger partial charge in [-0.3, -0.25) is 10.2 Å². The molecule has 0 bridgehead atoms. The molecular weight excluding hydrogens is 423 g/mol. The van der Waals surface area contributed by atoms with E-state index in [0.29, 0.717) is 23.2 Å². The maximum atomic E-state index is 15.1. The van der Waals surface area contributed by atoms with Gasteiger partial charge in [-0.25, -0.2) is 14.4 Å². The SMILES string of the molecule is CCN1CCN(Cc2ccc(C3N=C(NC#N)Nc4nc(N)c(C#N)c(N)c43)cc2F)CC1. The lowest BCUT2D eigenvalue weighted by molar-refractivity contribution is 0.131. The Labute approximate surface area is 191 Å². The zero-order chi connectivity index (χ0) is 23.5. The number of anilines is 3. The number of hydrogen-bond acceptors (Lipinski definition) is 10. The Morgan fingerprint density at radius 1 is 1.21 bits per heavy atom. The molecule has 2 aliphatic heterocycles. The van der Waals surface area contributed by atoms with Crippen molar-refractivity contribution in [1.29, 1.82) is 10.5 Å². The minimum absolute atomic E-state index is 0.0377. The monoisotopic (exact) mass is 448 g/mol. The molecule has 6 N–H and O–H groups in total. The van der Waals surface area contributed by atoms with E-state index in [2.05, 4.69) is 37.3 Å². The lowest BCUT2D eigenvalue weighted by Gasteiger charge is -2.34. The van der Waals surface area contributed by atoms with Gasteiger partial charge in [-0.1, -0.05) is 19.1 Å². The van der Waals surface area contributed by atoms with Crippen LogP contribution in [0.4, 0.5) is 21.7 Å². The van der Waals surface area contributed by atoms with Crippen LogP contribution in [0.5, 0.6) is 0 Å². The van der Waals surface area contributed by atoms with Crippen molar-refractivity contribution >= 4 is 23.3 Å². The smallest absolute Gasteiger partial charge is 0.211 e. The number of guanidine groups is 1. The summed E-state index contributed by atoms with van der Waals surface area (Å²) in [5.74, 6) is 0.00482. The number of nitrogens with one attached hydrogen (secondary N) is 2. The summed E-state index contributed by atoms with van der Waals surface area (Å²) in [6, 6.07) is 6.14. The van der Waals surface area contributed by atoms with Crippen LogP contribution in [-0.2, 0) is 6.54 Å². The first-order chi connectivity index (χ1) is 15.9. The minimum Gasteiger partial charge on any atom is -0.397 e. The molecule has 1 fully saturated rings. The van der Waals surface area contributed by atoms with Crippen molar-refractivity contribution in [3.8, 4) is 12.3 Å². The average Bonchev–Trinajstić information content (AvgIpc) is 2.80. The molecule has 3 heterocycles. The number of hydrogen-bond donors (Lipinski definition) is 4. The van der Waals surface area contributed by atoms with E-state index in [1.165, 1.54) is 6.07 Å². The lowest BCUT2D eigenvalue weighted by atomic mass is 9.94. The third-order valence-corrected chi connectivity index (χ3v) is 6.06. The lowest BCUT2D eigenvalue weighted by Crippen LogP contribution is -2.45. The molecule has 10 nitrogen and oxygen atoms in total. The second-order valence-corrected chi connectivity index (χ2v) is 7.96. The number of nitrogen functional groups attached to an aromatic ring is 2. The van der Waals surface area contributed by atoms with Gasteiger partial charge in [-0.15, -0.1) is 0 Å². The van der Waals surface area contributed by atoms with Crippen LogP contribution in [0.2, 0.25) is 0 Å². The largest absolute Gasteiger partial charge is 0.397 e. The number of aromatic nitrogens is 1. The van der Waals surface area contributed by atoms with E-state index in [1.54, 1.807) is 18.3 Å². The summed E-state index contributed by atoms with van der Waals surface area (Å²) in [5.41, 5.74) is 13.8. The van der Waals surface area contributed by atoms with Crippen LogP contribution in [0.3, 0.4) is 0 Å². The van der Waals surface area contributed by atoms with Gasteiger partial charge in [0.25, 0.3) is 0 Å². The fraction of sp³-hybridized carbons (Fsp3) is 0.364. The predicted octanol–water partition coefficient (Wildman–Crippen LogP) is 1.34. The molecule has 0 radical (unpaired) electrons. The van der Waals surface area contributed by atoms with E-state index < -0.39 is 6.04 Å². The zero-order valence-corrected chi connectivity index (χ0v) is 18.3. The van der Waals surface area contributed by atoms with Crippen molar-refractivity contribution in [1.82, 2.24) is 20.1 Å². The highest BCUT2D eigenvalue weighted by Crippen LogP contribution is 2.40. The number of likely N-dealkylation sites (N-methyl/N-ethyl adjacent to an activating group) is 1. The molecule has 170 valence electrons. The van der Waals surface area contributed by atoms with Crippen molar-refractivity contribution in [2.45, 2.75) is 19.5 Å². The van der Waals surface area contributed by atoms with Crippen molar-refractivity contribution in [3.63, 3.8) is 0 Å². The van der Waals surface area contributed by atoms with Crippen LogP contribution < -0.4 is 22.1 Å². The molecule has 0 saturated carbocycles. The van der Waals surface area contributed by atoms with Gasteiger partial charge in [0.15, 0.2) is 6.19 Å². The molecule has 0 amide bonds. The van der Waals surface area contributed by atoms with Gasteiger partial charge in [0.1, 0.15) is 35.1 Å². The van der Waals surface area contributed by atoms with E-state index in [-0.39, 0.29) is 34.7 Å². The fourth-order valence-corrected chi connectivity index (χ4v) is 4.19. The number of nitrogens with zero attached hydrogens (tertiary/aromatic N) is 6. The molecule has 0 aliphatic carbocycles. The number of benzene rings is 1. The highest BCUT2D eigenvalue weighted by atomic mass is 19.1. The number of piperazine rings is 1. The minimum atomic E-state index is -0.769. The van der Waals surface area contributed by atoms with Gasteiger partial charge >= 0.3 is 0 Å². The van der Waals surface area contributed by atoms with Crippen LogP contribution in [0.1, 0.15) is 35.2 Å². The second kappa shape index (κ2) is 9.28. The number of rotatable bonds is 4. The Morgan fingerprint density at radius 3 is 2.58 bits per heavy atom. The predicted molar refractivity (Wildman–Crippen MR) is 123 cm³/mol. The third-order valence-electron chi connectivity index (χ3n) is 6.06. The Hall–Kier alpha value is -3.93. The van der Waals surface area contributed by atoms with E-state index in [0.717, 1.165) is 32.7 Å². The summed E-state index contributed by atoms with van der Waals surface area (Å²) >= 11 is 0. The molecule has 11 heteroatoms. The van der Waals surface area contributed by atoms with E-state index in [9.17, 15) is 5.26 Å². The normalized spacial score (nSPS) is 18.4. The van der Waals surface area contributed by atoms with Crippen LogP contribution in [0, 0.1) is 28.6 Å². The molecule has 1 atom stereocenters. The number of pyridine rings is 1. The number of nitriles is 2. The van der Waals surface area contributed by atoms with Gasteiger partial charge in [0, 0.05) is 43.9 Å². The maximum absolute atomic E-state index is 15.1. The summed E-state index contributed by atoms with van der Waals surface area (Å²) in [6.45, 7) is 7.42. The number of nitrogens with two attached hydrogens (primary N) is 2. The summed E-state index contributed by atoms with van der Waals surface area (Å²) < 4.78 is 15.1. The van der Waals surface area contributed by atoms with Crippen molar-refractivity contribution < 1.29 is 4.39 Å². The molecule has 0 spiro atoms. The summed E-state index contributed by atoms with van der Waals surface area (Å²) in [6.07, 6.45) is 1.80.